The van der Waals surface area contributed by atoms with Crippen LogP contribution in [0, 0.1) is 0 Å². The Morgan fingerprint density at radius 3 is 2.88 bits per heavy atom. The lowest BCUT2D eigenvalue weighted by molar-refractivity contribution is 0.0691. The second kappa shape index (κ2) is 5.89. The van der Waals surface area contributed by atoms with Crippen molar-refractivity contribution in [1.82, 2.24) is 9.71 Å². The fourth-order valence-electron chi connectivity index (χ4n) is 1.05. The SMILES string of the molecule is C=CCS(=O)(=O)NCCc1nc(C(=O)O)cs1. The van der Waals surface area contributed by atoms with Crippen LogP contribution in [0.25, 0.3) is 0 Å². The standard InChI is InChI=1S/C9H12N2O4S2/c1-2-5-17(14,15)10-4-3-8-11-7(6-16-8)9(12)13/h2,6,10H,1,3-5H2,(H,12,13). The molecule has 0 saturated heterocycles. The van der Waals surface area contributed by atoms with Gasteiger partial charge in [0.05, 0.1) is 10.8 Å². The number of aromatic nitrogens is 1. The van der Waals surface area contributed by atoms with Crippen molar-refractivity contribution in [3.63, 3.8) is 0 Å². The van der Waals surface area contributed by atoms with Gasteiger partial charge in [0, 0.05) is 18.3 Å². The molecule has 0 aromatic carbocycles. The van der Waals surface area contributed by atoms with Crippen LogP contribution in [0.2, 0.25) is 0 Å². The molecule has 0 saturated carbocycles. The van der Waals surface area contributed by atoms with E-state index in [0.717, 1.165) is 0 Å². The second-order valence-corrected chi connectivity index (χ2v) is 5.94. The number of hydrogen-bond donors (Lipinski definition) is 2. The predicted molar refractivity (Wildman–Crippen MR) is 64.8 cm³/mol. The van der Waals surface area contributed by atoms with E-state index in [2.05, 4.69) is 16.3 Å². The topological polar surface area (TPSA) is 96.4 Å². The van der Waals surface area contributed by atoms with Crippen LogP contribution in [0.5, 0.6) is 0 Å². The number of sulfonamides is 1. The molecular weight excluding hydrogens is 264 g/mol. The van der Waals surface area contributed by atoms with Gasteiger partial charge in [-0.25, -0.2) is 22.9 Å². The van der Waals surface area contributed by atoms with E-state index in [0.29, 0.717) is 11.4 Å². The molecule has 0 unspecified atom stereocenters. The molecule has 0 aliphatic rings. The van der Waals surface area contributed by atoms with Crippen LogP contribution in [-0.2, 0) is 16.4 Å². The van der Waals surface area contributed by atoms with E-state index in [-0.39, 0.29) is 18.0 Å². The third kappa shape index (κ3) is 4.63. The van der Waals surface area contributed by atoms with Crippen molar-refractivity contribution in [3.05, 3.63) is 28.7 Å². The van der Waals surface area contributed by atoms with Gasteiger partial charge in [0.25, 0.3) is 0 Å². The lowest BCUT2D eigenvalue weighted by Gasteiger charge is -2.02. The first kappa shape index (κ1) is 13.8. The molecule has 6 nitrogen and oxygen atoms in total. The molecule has 1 rings (SSSR count). The van der Waals surface area contributed by atoms with Gasteiger partial charge in [0.2, 0.25) is 10.0 Å². The highest BCUT2D eigenvalue weighted by atomic mass is 32.2. The number of hydrogen-bond acceptors (Lipinski definition) is 5. The number of carboxylic acid groups (broad SMARTS) is 1. The van der Waals surface area contributed by atoms with E-state index in [1.54, 1.807) is 0 Å². The summed E-state index contributed by atoms with van der Waals surface area (Å²) < 4.78 is 24.8. The van der Waals surface area contributed by atoms with E-state index in [9.17, 15) is 13.2 Å². The van der Waals surface area contributed by atoms with E-state index in [1.165, 1.54) is 22.8 Å². The lowest BCUT2D eigenvalue weighted by Crippen LogP contribution is -2.27. The summed E-state index contributed by atoms with van der Waals surface area (Å²) in [5, 5.41) is 10.7. The van der Waals surface area contributed by atoms with Crippen molar-refractivity contribution in [2.24, 2.45) is 0 Å². The Morgan fingerprint density at radius 1 is 1.65 bits per heavy atom. The van der Waals surface area contributed by atoms with Gasteiger partial charge in [-0.15, -0.1) is 17.9 Å². The average Bonchev–Trinajstić information content (AvgIpc) is 2.66. The minimum Gasteiger partial charge on any atom is -0.476 e. The number of aromatic carboxylic acids is 1. The molecule has 2 N–H and O–H groups in total. The maximum atomic E-state index is 11.2. The molecule has 1 aromatic heterocycles. The Morgan fingerprint density at radius 2 is 2.35 bits per heavy atom. The smallest absolute Gasteiger partial charge is 0.355 e. The molecular formula is C9H12N2O4S2. The highest BCUT2D eigenvalue weighted by molar-refractivity contribution is 7.89. The van der Waals surface area contributed by atoms with Crippen molar-refractivity contribution in [2.75, 3.05) is 12.3 Å². The Bertz CT molecular complexity index is 507. The second-order valence-electron chi connectivity index (χ2n) is 3.15. The van der Waals surface area contributed by atoms with Crippen molar-refractivity contribution in [1.29, 1.82) is 0 Å². The minimum absolute atomic E-state index is 0.0149. The normalized spacial score (nSPS) is 11.3. The number of nitrogens with zero attached hydrogens (tertiary/aromatic N) is 1. The fourth-order valence-corrected chi connectivity index (χ4v) is 2.66. The zero-order chi connectivity index (χ0) is 12.9. The fraction of sp³-hybridized carbons (Fsp3) is 0.333. The Hall–Kier alpha value is -1.25. The summed E-state index contributed by atoms with van der Waals surface area (Å²) in [7, 11) is -3.32. The van der Waals surface area contributed by atoms with E-state index >= 15 is 0 Å². The Kier molecular flexibility index (Phi) is 4.79. The maximum absolute atomic E-state index is 11.2. The highest BCUT2D eigenvalue weighted by Gasteiger charge is 2.10. The van der Waals surface area contributed by atoms with Crippen LogP contribution in [0.4, 0.5) is 0 Å². The molecule has 0 bridgehead atoms. The third-order valence-electron chi connectivity index (χ3n) is 1.77. The van der Waals surface area contributed by atoms with E-state index in [4.69, 9.17) is 5.11 Å². The first-order valence-corrected chi connectivity index (χ1v) is 7.24. The minimum atomic E-state index is -3.32. The molecule has 1 heterocycles. The number of carbonyl (C=O) groups is 1. The highest BCUT2D eigenvalue weighted by Crippen LogP contribution is 2.09. The van der Waals surface area contributed by atoms with Crippen molar-refractivity contribution >= 4 is 27.3 Å². The number of carboxylic acids is 1. The quantitative estimate of drug-likeness (QED) is 0.706. The maximum Gasteiger partial charge on any atom is 0.355 e. The van der Waals surface area contributed by atoms with Crippen molar-refractivity contribution < 1.29 is 18.3 Å². The van der Waals surface area contributed by atoms with Crippen LogP contribution >= 0.6 is 11.3 Å². The van der Waals surface area contributed by atoms with Gasteiger partial charge < -0.3 is 5.11 Å². The summed E-state index contributed by atoms with van der Waals surface area (Å²) in [6, 6.07) is 0. The van der Waals surface area contributed by atoms with Crippen LogP contribution in [0.3, 0.4) is 0 Å². The predicted octanol–water partition coefficient (Wildman–Crippen LogP) is 0.489. The van der Waals surface area contributed by atoms with Crippen molar-refractivity contribution in [2.45, 2.75) is 6.42 Å². The van der Waals surface area contributed by atoms with Crippen LogP contribution in [0.15, 0.2) is 18.0 Å². The van der Waals surface area contributed by atoms with Gasteiger partial charge in [-0.05, 0) is 0 Å². The van der Waals surface area contributed by atoms with Crippen molar-refractivity contribution in [3.8, 4) is 0 Å². The summed E-state index contributed by atoms with van der Waals surface area (Å²) in [4.78, 5) is 14.4. The summed E-state index contributed by atoms with van der Waals surface area (Å²) in [6.07, 6.45) is 1.67. The zero-order valence-corrected chi connectivity index (χ0v) is 10.6. The lowest BCUT2D eigenvalue weighted by atomic mass is 10.4. The molecule has 0 aliphatic carbocycles. The molecule has 94 valence electrons. The molecule has 8 heteroatoms. The van der Waals surface area contributed by atoms with Gasteiger partial charge in [0.15, 0.2) is 5.69 Å². The largest absolute Gasteiger partial charge is 0.476 e. The average molecular weight is 276 g/mol. The zero-order valence-electron chi connectivity index (χ0n) is 8.92. The molecule has 0 spiro atoms. The molecule has 0 radical (unpaired) electrons. The van der Waals surface area contributed by atoms with E-state index < -0.39 is 16.0 Å². The van der Waals surface area contributed by atoms with Crippen LogP contribution in [0.1, 0.15) is 15.5 Å². The summed E-state index contributed by atoms with van der Waals surface area (Å²) >= 11 is 1.19. The molecule has 0 atom stereocenters. The third-order valence-corrected chi connectivity index (χ3v) is 4.00. The summed E-state index contributed by atoms with van der Waals surface area (Å²) in [6.45, 7) is 3.54. The first-order valence-electron chi connectivity index (χ1n) is 4.70. The Labute approximate surface area is 103 Å². The summed E-state index contributed by atoms with van der Waals surface area (Å²) in [5.74, 6) is -1.22. The first-order chi connectivity index (χ1) is 7.94. The molecule has 0 fully saturated rings. The number of nitrogens with one attached hydrogen (secondary N) is 1. The number of rotatable bonds is 7. The molecule has 1 aromatic rings. The molecule has 17 heavy (non-hydrogen) atoms. The summed E-state index contributed by atoms with van der Waals surface area (Å²) in [5.41, 5.74) is -0.0149. The Balaban J connectivity index is 2.46. The van der Waals surface area contributed by atoms with E-state index in [1.807, 2.05) is 0 Å². The van der Waals surface area contributed by atoms with Crippen LogP contribution < -0.4 is 4.72 Å². The van der Waals surface area contributed by atoms with Gasteiger partial charge in [0.1, 0.15) is 0 Å². The molecule has 0 aliphatic heterocycles. The van der Waals surface area contributed by atoms with Crippen LogP contribution in [-0.4, -0.2) is 36.8 Å². The van der Waals surface area contributed by atoms with Gasteiger partial charge in [-0.2, -0.15) is 0 Å². The van der Waals surface area contributed by atoms with Gasteiger partial charge in [-0.3, -0.25) is 0 Å². The number of thiazole rings is 1. The monoisotopic (exact) mass is 276 g/mol. The van der Waals surface area contributed by atoms with Gasteiger partial charge >= 0.3 is 5.97 Å². The van der Waals surface area contributed by atoms with Gasteiger partial charge in [-0.1, -0.05) is 6.08 Å². The molecule has 0 amide bonds.